The van der Waals surface area contributed by atoms with Crippen molar-refractivity contribution in [3.8, 4) is 0 Å². The molecule has 2 N–H and O–H groups in total. The van der Waals surface area contributed by atoms with Gasteiger partial charge in [0.1, 0.15) is 5.52 Å². The van der Waals surface area contributed by atoms with Gasteiger partial charge in [-0.1, -0.05) is 6.07 Å². The average molecular weight is 261 g/mol. The van der Waals surface area contributed by atoms with Crippen molar-refractivity contribution in [1.29, 1.82) is 0 Å². The summed E-state index contributed by atoms with van der Waals surface area (Å²) in [5.74, 6) is 0.712. The number of fused-ring (bicyclic) bond motifs is 1. The molecule has 1 aromatic heterocycles. The van der Waals surface area contributed by atoms with Crippen LogP contribution in [0, 0.1) is 6.92 Å². The number of aromatic nitrogens is 1. The molecule has 0 amide bonds. The highest BCUT2D eigenvalue weighted by atomic mass is 16.3. The highest BCUT2D eigenvalue weighted by Gasteiger charge is 2.22. The molecule has 0 aliphatic heterocycles. The van der Waals surface area contributed by atoms with Crippen molar-refractivity contribution < 1.29 is 4.42 Å². The number of rotatable bonds is 5. The zero-order chi connectivity index (χ0) is 14.0. The highest BCUT2D eigenvalue weighted by molar-refractivity contribution is 5.73. The highest BCUT2D eigenvalue weighted by Crippen LogP contribution is 2.22. The van der Waals surface area contributed by atoms with Crippen LogP contribution in [0.1, 0.15) is 31.7 Å². The van der Waals surface area contributed by atoms with Gasteiger partial charge in [0, 0.05) is 19.0 Å². The van der Waals surface area contributed by atoms with Crippen molar-refractivity contribution in [3.63, 3.8) is 0 Å². The minimum Gasteiger partial charge on any atom is -0.441 e. The lowest BCUT2D eigenvalue weighted by molar-refractivity contribution is 0.140. The molecule has 4 nitrogen and oxygen atoms in total. The molecule has 0 atom stereocenters. The third-order valence-electron chi connectivity index (χ3n) is 3.77. The molecule has 0 aliphatic carbocycles. The number of nitrogens with zero attached hydrogens (tertiary/aromatic N) is 2. The molecule has 2 aromatic rings. The summed E-state index contributed by atoms with van der Waals surface area (Å²) >= 11 is 0. The molecule has 104 valence electrons. The Morgan fingerprint density at radius 2 is 2.11 bits per heavy atom. The van der Waals surface area contributed by atoms with E-state index in [0.717, 1.165) is 24.1 Å². The molecule has 0 radical (unpaired) electrons. The summed E-state index contributed by atoms with van der Waals surface area (Å²) < 4.78 is 5.57. The zero-order valence-corrected chi connectivity index (χ0v) is 12.2. The Kier molecular flexibility index (Phi) is 3.92. The van der Waals surface area contributed by atoms with E-state index in [-0.39, 0.29) is 5.54 Å². The van der Waals surface area contributed by atoms with Gasteiger partial charge in [0.25, 0.3) is 0 Å². The summed E-state index contributed by atoms with van der Waals surface area (Å²) in [6.45, 7) is 7.89. The van der Waals surface area contributed by atoms with Gasteiger partial charge >= 0.3 is 0 Å². The SMILES string of the molecule is Cc1nc2ccc(CN(C)C(C)(C)CCN)cc2o1. The maximum Gasteiger partial charge on any atom is 0.192 e. The van der Waals surface area contributed by atoms with Gasteiger partial charge in [0.05, 0.1) is 0 Å². The van der Waals surface area contributed by atoms with Crippen molar-refractivity contribution in [2.24, 2.45) is 5.73 Å². The summed E-state index contributed by atoms with van der Waals surface area (Å²) in [5, 5.41) is 0. The van der Waals surface area contributed by atoms with E-state index in [2.05, 4.69) is 42.9 Å². The van der Waals surface area contributed by atoms with E-state index in [1.54, 1.807) is 0 Å². The lowest BCUT2D eigenvalue weighted by Crippen LogP contribution is -2.42. The number of benzene rings is 1. The van der Waals surface area contributed by atoms with Crippen LogP contribution in [0.3, 0.4) is 0 Å². The molecule has 1 aromatic carbocycles. The quantitative estimate of drug-likeness (QED) is 0.899. The number of aryl methyl sites for hydroxylation is 1. The van der Waals surface area contributed by atoms with E-state index in [1.807, 2.05) is 13.0 Å². The molecule has 0 saturated carbocycles. The summed E-state index contributed by atoms with van der Waals surface area (Å²) in [7, 11) is 2.13. The molecule has 0 aliphatic rings. The first-order valence-corrected chi connectivity index (χ1v) is 6.70. The number of hydrogen-bond acceptors (Lipinski definition) is 4. The molecule has 4 heteroatoms. The third kappa shape index (κ3) is 3.14. The fourth-order valence-corrected chi connectivity index (χ4v) is 2.21. The van der Waals surface area contributed by atoms with Gasteiger partial charge in [0.2, 0.25) is 0 Å². The van der Waals surface area contributed by atoms with Crippen molar-refractivity contribution in [1.82, 2.24) is 9.88 Å². The zero-order valence-electron chi connectivity index (χ0n) is 12.2. The van der Waals surface area contributed by atoms with Gasteiger partial charge in [-0.15, -0.1) is 0 Å². The van der Waals surface area contributed by atoms with E-state index in [0.29, 0.717) is 12.4 Å². The first-order valence-electron chi connectivity index (χ1n) is 6.70. The third-order valence-corrected chi connectivity index (χ3v) is 3.77. The van der Waals surface area contributed by atoms with Crippen LogP contribution in [-0.4, -0.2) is 29.0 Å². The largest absolute Gasteiger partial charge is 0.441 e. The van der Waals surface area contributed by atoms with Crippen molar-refractivity contribution in [2.75, 3.05) is 13.6 Å². The fourth-order valence-electron chi connectivity index (χ4n) is 2.21. The Labute approximate surface area is 114 Å². The van der Waals surface area contributed by atoms with E-state index in [4.69, 9.17) is 10.2 Å². The number of oxazole rings is 1. The Morgan fingerprint density at radius 1 is 1.37 bits per heavy atom. The van der Waals surface area contributed by atoms with Gasteiger partial charge in [-0.05, 0) is 51.6 Å². The van der Waals surface area contributed by atoms with E-state index >= 15 is 0 Å². The Bertz CT molecular complexity index is 560. The summed E-state index contributed by atoms with van der Waals surface area (Å²) in [6, 6.07) is 6.20. The lowest BCUT2D eigenvalue weighted by Gasteiger charge is -2.35. The molecule has 2 rings (SSSR count). The molecule has 0 spiro atoms. The predicted molar refractivity (Wildman–Crippen MR) is 78.0 cm³/mol. The van der Waals surface area contributed by atoms with E-state index in [1.165, 1.54) is 5.56 Å². The van der Waals surface area contributed by atoms with Crippen LogP contribution in [0.25, 0.3) is 11.1 Å². The van der Waals surface area contributed by atoms with Crippen molar-refractivity contribution in [2.45, 2.75) is 39.3 Å². The molecule has 19 heavy (non-hydrogen) atoms. The van der Waals surface area contributed by atoms with Crippen LogP contribution >= 0.6 is 0 Å². The molecule has 0 unspecified atom stereocenters. The molecular weight excluding hydrogens is 238 g/mol. The summed E-state index contributed by atoms with van der Waals surface area (Å²) in [4.78, 5) is 6.64. The number of hydrogen-bond donors (Lipinski definition) is 1. The van der Waals surface area contributed by atoms with Crippen LogP contribution in [0.5, 0.6) is 0 Å². The van der Waals surface area contributed by atoms with Gasteiger partial charge < -0.3 is 10.2 Å². The monoisotopic (exact) mass is 261 g/mol. The minimum absolute atomic E-state index is 0.0983. The normalized spacial score (nSPS) is 12.5. The predicted octanol–water partition coefficient (Wildman–Crippen LogP) is 2.70. The Morgan fingerprint density at radius 3 is 2.79 bits per heavy atom. The van der Waals surface area contributed by atoms with Gasteiger partial charge in [0.15, 0.2) is 11.5 Å². The molecule has 1 heterocycles. The number of nitrogens with two attached hydrogens (primary N) is 1. The van der Waals surface area contributed by atoms with Gasteiger partial charge in [-0.3, -0.25) is 4.90 Å². The van der Waals surface area contributed by atoms with Crippen molar-refractivity contribution >= 4 is 11.1 Å². The molecular formula is C15H23N3O. The second kappa shape index (κ2) is 5.31. The maximum absolute atomic E-state index is 5.67. The minimum atomic E-state index is 0.0983. The van der Waals surface area contributed by atoms with E-state index < -0.39 is 0 Å². The van der Waals surface area contributed by atoms with Crippen LogP contribution in [-0.2, 0) is 6.54 Å². The first kappa shape index (κ1) is 14.0. The molecule has 0 fully saturated rings. The smallest absolute Gasteiger partial charge is 0.192 e. The van der Waals surface area contributed by atoms with Crippen molar-refractivity contribution in [3.05, 3.63) is 29.7 Å². The Balaban J connectivity index is 2.16. The van der Waals surface area contributed by atoms with Crippen LogP contribution in [0.15, 0.2) is 22.6 Å². The average Bonchev–Trinajstić information content (AvgIpc) is 2.68. The topological polar surface area (TPSA) is 55.3 Å². The van der Waals surface area contributed by atoms with Crippen LogP contribution < -0.4 is 5.73 Å². The van der Waals surface area contributed by atoms with Crippen LogP contribution in [0.2, 0.25) is 0 Å². The Hall–Kier alpha value is -1.39. The standard InChI is InChI=1S/C15H23N3O/c1-11-17-13-6-5-12(9-14(13)19-11)10-18(4)15(2,3)7-8-16/h5-6,9H,7-8,10,16H2,1-4H3. The second-order valence-electron chi connectivity index (χ2n) is 5.74. The molecule has 0 bridgehead atoms. The fraction of sp³-hybridized carbons (Fsp3) is 0.533. The van der Waals surface area contributed by atoms with Crippen LogP contribution in [0.4, 0.5) is 0 Å². The first-order chi connectivity index (χ1) is 8.92. The second-order valence-corrected chi connectivity index (χ2v) is 5.74. The van der Waals surface area contributed by atoms with Gasteiger partial charge in [-0.2, -0.15) is 0 Å². The van der Waals surface area contributed by atoms with E-state index in [9.17, 15) is 0 Å². The lowest BCUT2D eigenvalue weighted by atomic mass is 9.98. The summed E-state index contributed by atoms with van der Waals surface area (Å²) in [5.41, 5.74) is 8.79. The maximum atomic E-state index is 5.67. The summed E-state index contributed by atoms with van der Waals surface area (Å²) in [6.07, 6.45) is 0.979. The molecule has 0 saturated heterocycles. The van der Waals surface area contributed by atoms with Gasteiger partial charge in [-0.25, -0.2) is 4.98 Å².